The summed E-state index contributed by atoms with van der Waals surface area (Å²) in [5, 5.41) is 4.79. The number of hydrogen-bond acceptors (Lipinski definition) is 4. The highest BCUT2D eigenvalue weighted by molar-refractivity contribution is 6.08. The molecule has 1 aliphatic rings. The Balaban J connectivity index is 1.45. The van der Waals surface area contributed by atoms with Crippen molar-refractivity contribution < 1.29 is 19.1 Å². The molecule has 0 aliphatic carbocycles. The zero-order valence-electron chi connectivity index (χ0n) is 18.5. The lowest BCUT2D eigenvalue weighted by Crippen LogP contribution is -2.45. The molecule has 4 rings (SSSR count). The molecular weight excluding hydrogens is 404 g/mol. The van der Waals surface area contributed by atoms with Crippen LogP contribution < -0.4 is 14.8 Å². The van der Waals surface area contributed by atoms with Crippen molar-refractivity contribution in [2.75, 3.05) is 27.3 Å². The van der Waals surface area contributed by atoms with Gasteiger partial charge in [-0.05, 0) is 48.1 Å². The Labute approximate surface area is 188 Å². The van der Waals surface area contributed by atoms with E-state index in [1.54, 1.807) is 19.1 Å². The third-order valence-corrected chi connectivity index (χ3v) is 6.01. The molecule has 0 radical (unpaired) electrons. The van der Waals surface area contributed by atoms with E-state index < -0.39 is 0 Å². The van der Waals surface area contributed by atoms with Crippen LogP contribution >= 0.6 is 0 Å². The second-order valence-corrected chi connectivity index (χ2v) is 8.02. The van der Waals surface area contributed by atoms with E-state index in [1.807, 2.05) is 60.7 Å². The van der Waals surface area contributed by atoms with E-state index in [1.165, 1.54) is 0 Å². The predicted octanol–water partition coefficient (Wildman–Crippen LogP) is 4.03. The Morgan fingerprint density at radius 3 is 2.59 bits per heavy atom. The number of carbonyl (C=O) groups is 2. The second-order valence-electron chi connectivity index (χ2n) is 8.02. The van der Waals surface area contributed by atoms with Gasteiger partial charge in [0.15, 0.2) is 0 Å². The summed E-state index contributed by atoms with van der Waals surface area (Å²) in [6.45, 7) is 1.51. The van der Waals surface area contributed by atoms with Gasteiger partial charge in [0.05, 0.1) is 20.1 Å². The van der Waals surface area contributed by atoms with Crippen LogP contribution in [0.4, 0.5) is 0 Å². The predicted molar refractivity (Wildman–Crippen MR) is 124 cm³/mol. The summed E-state index contributed by atoms with van der Waals surface area (Å²) in [7, 11) is 3.25. The van der Waals surface area contributed by atoms with Gasteiger partial charge >= 0.3 is 0 Å². The Hall–Kier alpha value is -3.54. The molecule has 1 aliphatic heterocycles. The highest BCUT2D eigenvalue weighted by atomic mass is 16.5. The third kappa shape index (κ3) is 4.54. The van der Waals surface area contributed by atoms with Crippen LogP contribution in [0.2, 0.25) is 0 Å². The molecule has 0 spiro atoms. The zero-order chi connectivity index (χ0) is 22.5. The molecule has 0 saturated carbocycles. The van der Waals surface area contributed by atoms with Crippen LogP contribution in [0.25, 0.3) is 10.8 Å². The lowest BCUT2D eigenvalue weighted by atomic mass is 9.95. The summed E-state index contributed by atoms with van der Waals surface area (Å²) in [4.78, 5) is 28.0. The molecule has 1 saturated heterocycles. The standard InChI is InChI=1S/C26H28N2O4/c1-31-20-9-5-7-18(15-20)16-27-25(29)19-8-6-14-28(17-19)26(30)23-12-13-24(32-2)22-11-4-3-10-21(22)23/h3-5,7,9-13,15,19H,6,8,14,16-17H2,1-2H3,(H,27,29)/t19-/m1/s1. The van der Waals surface area contributed by atoms with Gasteiger partial charge in [-0.15, -0.1) is 0 Å². The molecule has 1 atom stereocenters. The smallest absolute Gasteiger partial charge is 0.254 e. The molecule has 2 amide bonds. The molecule has 0 bridgehead atoms. The highest BCUT2D eigenvalue weighted by Crippen LogP contribution is 2.30. The fourth-order valence-corrected chi connectivity index (χ4v) is 4.30. The first-order chi connectivity index (χ1) is 15.6. The van der Waals surface area contributed by atoms with Gasteiger partial charge < -0.3 is 19.7 Å². The molecule has 6 nitrogen and oxygen atoms in total. The average molecular weight is 433 g/mol. The Bertz CT molecular complexity index is 1130. The number of carbonyl (C=O) groups excluding carboxylic acids is 2. The zero-order valence-corrected chi connectivity index (χ0v) is 18.5. The number of benzene rings is 3. The highest BCUT2D eigenvalue weighted by Gasteiger charge is 2.29. The van der Waals surface area contributed by atoms with E-state index in [0.717, 1.165) is 40.7 Å². The van der Waals surface area contributed by atoms with Crippen molar-refractivity contribution in [1.29, 1.82) is 0 Å². The van der Waals surface area contributed by atoms with Gasteiger partial charge in [-0.25, -0.2) is 0 Å². The monoisotopic (exact) mass is 432 g/mol. The van der Waals surface area contributed by atoms with E-state index in [4.69, 9.17) is 9.47 Å². The molecule has 1 heterocycles. The van der Waals surface area contributed by atoms with Crippen LogP contribution in [0.1, 0.15) is 28.8 Å². The number of hydrogen-bond donors (Lipinski definition) is 1. The molecule has 3 aromatic rings. The van der Waals surface area contributed by atoms with Crippen molar-refractivity contribution in [1.82, 2.24) is 10.2 Å². The minimum absolute atomic E-state index is 0.0232. The maximum Gasteiger partial charge on any atom is 0.254 e. The van der Waals surface area contributed by atoms with Crippen LogP contribution in [0.5, 0.6) is 11.5 Å². The van der Waals surface area contributed by atoms with Crippen molar-refractivity contribution in [2.45, 2.75) is 19.4 Å². The van der Waals surface area contributed by atoms with Crippen molar-refractivity contribution in [3.8, 4) is 11.5 Å². The summed E-state index contributed by atoms with van der Waals surface area (Å²) in [6.07, 6.45) is 1.58. The molecule has 1 fully saturated rings. The number of nitrogens with one attached hydrogen (secondary N) is 1. The van der Waals surface area contributed by atoms with Crippen molar-refractivity contribution >= 4 is 22.6 Å². The Morgan fingerprint density at radius 2 is 1.81 bits per heavy atom. The lowest BCUT2D eigenvalue weighted by Gasteiger charge is -2.32. The lowest BCUT2D eigenvalue weighted by molar-refractivity contribution is -0.126. The van der Waals surface area contributed by atoms with Crippen LogP contribution in [-0.4, -0.2) is 44.0 Å². The van der Waals surface area contributed by atoms with Gasteiger partial charge in [-0.2, -0.15) is 0 Å². The summed E-state index contributed by atoms with van der Waals surface area (Å²) >= 11 is 0. The number of methoxy groups -OCH3 is 2. The van der Waals surface area contributed by atoms with E-state index in [9.17, 15) is 9.59 Å². The number of fused-ring (bicyclic) bond motifs is 1. The van der Waals surface area contributed by atoms with E-state index in [0.29, 0.717) is 25.2 Å². The second kappa shape index (κ2) is 9.73. The maximum atomic E-state index is 13.4. The average Bonchev–Trinajstić information content (AvgIpc) is 2.86. The number of ether oxygens (including phenoxy) is 2. The first-order valence-corrected chi connectivity index (χ1v) is 10.9. The van der Waals surface area contributed by atoms with Crippen LogP contribution in [0, 0.1) is 5.92 Å². The first-order valence-electron chi connectivity index (χ1n) is 10.9. The number of likely N-dealkylation sites (tertiary alicyclic amines) is 1. The number of rotatable bonds is 6. The third-order valence-electron chi connectivity index (χ3n) is 6.01. The normalized spacial score (nSPS) is 15.9. The number of piperidine rings is 1. The molecule has 6 heteroatoms. The quantitative estimate of drug-likeness (QED) is 0.639. The SMILES string of the molecule is COc1cccc(CNC(=O)[C@@H]2CCCN(C(=O)c3ccc(OC)c4ccccc34)C2)c1. The maximum absolute atomic E-state index is 13.4. The minimum Gasteiger partial charge on any atom is -0.497 e. The molecule has 166 valence electrons. The molecule has 1 N–H and O–H groups in total. The first kappa shape index (κ1) is 21.7. The summed E-state index contributed by atoms with van der Waals surface area (Å²) in [6, 6.07) is 19.0. The van der Waals surface area contributed by atoms with Crippen LogP contribution in [-0.2, 0) is 11.3 Å². The van der Waals surface area contributed by atoms with Crippen molar-refractivity contribution in [3.63, 3.8) is 0 Å². The van der Waals surface area contributed by atoms with Gasteiger partial charge in [0.2, 0.25) is 5.91 Å². The van der Waals surface area contributed by atoms with Gasteiger partial charge in [0.25, 0.3) is 5.91 Å². The van der Waals surface area contributed by atoms with Crippen molar-refractivity contribution in [3.05, 3.63) is 71.8 Å². The molecule has 0 unspecified atom stereocenters. The molecular formula is C26H28N2O4. The summed E-state index contributed by atoms with van der Waals surface area (Å²) in [5.41, 5.74) is 1.62. The molecule has 3 aromatic carbocycles. The molecule has 0 aromatic heterocycles. The largest absolute Gasteiger partial charge is 0.497 e. The minimum atomic E-state index is -0.220. The topological polar surface area (TPSA) is 67.9 Å². The van der Waals surface area contributed by atoms with Crippen LogP contribution in [0.3, 0.4) is 0 Å². The van der Waals surface area contributed by atoms with E-state index >= 15 is 0 Å². The fraction of sp³-hybridized carbons (Fsp3) is 0.308. The van der Waals surface area contributed by atoms with Crippen molar-refractivity contribution in [2.24, 2.45) is 5.92 Å². The fourth-order valence-electron chi connectivity index (χ4n) is 4.30. The summed E-state index contributed by atoms with van der Waals surface area (Å²) < 4.78 is 10.7. The number of amides is 2. The van der Waals surface area contributed by atoms with Gasteiger partial charge in [0.1, 0.15) is 11.5 Å². The van der Waals surface area contributed by atoms with Gasteiger partial charge in [-0.1, -0.05) is 36.4 Å². The van der Waals surface area contributed by atoms with Gasteiger partial charge in [0, 0.05) is 30.6 Å². The van der Waals surface area contributed by atoms with E-state index in [-0.39, 0.29) is 17.7 Å². The number of nitrogens with zero attached hydrogens (tertiary/aromatic N) is 1. The van der Waals surface area contributed by atoms with Gasteiger partial charge in [-0.3, -0.25) is 9.59 Å². The Morgan fingerprint density at radius 1 is 1.00 bits per heavy atom. The summed E-state index contributed by atoms with van der Waals surface area (Å²) in [5.74, 6) is 1.21. The van der Waals surface area contributed by atoms with E-state index in [2.05, 4.69) is 5.32 Å². The Kier molecular flexibility index (Phi) is 6.59. The molecule has 32 heavy (non-hydrogen) atoms. The van der Waals surface area contributed by atoms with Crippen LogP contribution in [0.15, 0.2) is 60.7 Å².